The van der Waals surface area contributed by atoms with E-state index in [0.717, 1.165) is 23.1 Å². The number of amides is 1. The molecule has 27 heavy (non-hydrogen) atoms. The minimum atomic E-state index is -4.35. The van der Waals surface area contributed by atoms with Crippen LogP contribution in [0.1, 0.15) is 0 Å². The number of aromatic nitrogens is 2. The van der Waals surface area contributed by atoms with Crippen LogP contribution in [0.4, 0.5) is 24.0 Å². The third-order valence-electron chi connectivity index (χ3n) is 3.08. The van der Waals surface area contributed by atoms with Gasteiger partial charge in [0.15, 0.2) is 15.8 Å². The van der Waals surface area contributed by atoms with Gasteiger partial charge in [0.25, 0.3) is 0 Å². The average Bonchev–Trinajstić information content (AvgIpc) is 3.06. The molecule has 0 saturated carbocycles. The van der Waals surface area contributed by atoms with Gasteiger partial charge in [0.2, 0.25) is 11.0 Å². The Balaban J connectivity index is 1.52. The number of nitrogens with one attached hydrogen (secondary N) is 2. The van der Waals surface area contributed by atoms with E-state index < -0.39 is 12.7 Å². The number of fused-ring (bicyclic) bond motifs is 1. The summed E-state index contributed by atoms with van der Waals surface area (Å²) in [6, 6.07) is 3.13. The van der Waals surface area contributed by atoms with Crippen molar-refractivity contribution >= 4 is 51.4 Å². The van der Waals surface area contributed by atoms with Crippen LogP contribution in [-0.4, -0.2) is 47.8 Å². The number of hydrogen-bond donors (Lipinski definition) is 2. The highest BCUT2D eigenvalue weighted by molar-refractivity contribution is 8.01. The van der Waals surface area contributed by atoms with Crippen LogP contribution in [0.2, 0.25) is 5.02 Å². The van der Waals surface area contributed by atoms with Gasteiger partial charge in [-0.25, -0.2) is 0 Å². The number of anilines is 2. The molecule has 2 aromatic rings. The van der Waals surface area contributed by atoms with Crippen molar-refractivity contribution < 1.29 is 27.4 Å². The Labute approximate surface area is 164 Å². The summed E-state index contributed by atoms with van der Waals surface area (Å²) in [5.41, 5.74) is 0.372. The van der Waals surface area contributed by atoms with Gasteiger partial charge in [-0.1, -0.05) is 34.7 Å². The van der Waals surface area contributed by atoms with Gasteiger partial charge in [-0.05, 0) is 0 Å². The van der Waals surface area contributed by atoms with E-state index in [2.05, 4.69) is 20.8 Å². The molecular weight excluding hydrogens is 429 g/mol. The molecule has 1 aliphatic rings. The molecule has 0 bridgehead atoms. The van der Waals surface area contributed by atoms with Crippen LogP contribution in [0, 0.1) is 0 Å². The SMILES string of the molecule is O=C(CSc1nnc(NCC(F)(F)F)s1)Nc1cc2c(cc1Cl)OCCO2. The molecular formula is C14H12ClF3N4O3S2. The van der Waals surface area contributed by atoms with Crippen molar-refractivity contribution in [3.63, 3.8) is 0 Å². The number of benzene rings is 1. The van der Waals surface area contributed by atoms with E-state index >= 15 is 0 Å². The van der Waals surface area contributed by atoms with Gasteiger partial charge in [-0.2, -0.15) is 13.2 Å². The summed E-state index contributed by atoms with van der Waals surface area (Å²) in [5.74, 6) is 0.613. The van der Waals surface area contributed by atoms with E-state index in [0.29, 0.717) is 39.8 Å². The Hall–Kier alpha value is -1.92. The molecule has 0 spiro atoms. The predicted molar refractivity (Wildman–Crippen MR) is 96.2 cm³/mol. The number of hydrogen-bond acceptors (Lipinski definition) is 8. The Kier molecular flexibility index (Phi) is 6.17. The second-order valence-corrected chi connectivity index (χ2v) is 7.76. The molecule has 0 atom stereocenters. The quantitative estimate of drug-likeness (QED) is 0.663. The maximum absolute atomic E-state index is 12.2. The van der Waals surface area contributed by atoms with Crippen LogP contribution in [0.5, 0.6) is 11.5 Å². The lowest BCUT2D eigenvalue weighted by molar-refractivity contribution is -0.115. The van der Waals surface area contributed by atoms with Crippen LogP contribution in [0.3, 0.4) is 0 Å². The van der Waals surface area contributed by atoms with Gasteiger partial charge in [-0.3, -0.25) is 4.79 Å². The molecule has 0 saturated heterocycles. The molecule has 1 aromatic heterocycles. The van der Waals surface area contributed by atoms with Crippen LogP contribution >= 0.6 is 34.7 Å². The van der Waals surface area contributed by atoms with E-state index in [-0.39, 0.29) is 16.8 Å². The van der Waals surface area contributed by atoms with Gasteiger partial charge in [0.1, 0.15) is 19.8 Å². The molecule has 1 amide bonds. The third-order valence-corrected chi connectivity index (χ3v) is 5.41. The molecule has 13 heteroatoms. The molecule has 3 rings (SSSR count). The fraction of sp³-hybridized carbons (Fsp3) is 0.357. The zero-order valence-corrected chi connectivity index (χ0v) is 15.8. The van der Waals surface area contributed by atoms with Crippen molar-refractivity contribution in [1.82, 2.24) is 10.2 Å². The summed E-state index contributed by atoms with van der Waals surface area (Å²) in [6.45, 7) is -0.373. The Morgan fingerprint density at radius 3 is 2.67 bits per heavy atom. The standard InChI is InChI=1S/C14H12ClF3N4O3S2/c15-7-3-9-10(25-2-1-24-9)4-8(7)20-11(23)5-26-13-22-21-12(27-13)19-6-14(16,17)18/h3-4H,1-2,5-6H2,(H,19,21)(H,20,23). The summed E-state index contributed by atoms with van der Waals surface area (Å²) in [5, 5.41) is 12.4. The smallest absolute Gasteiger partial charge is 0.405 e. The van der Waals surface area contributed by atoms with Crippen molar-refractivity contribution in [3.8, 4) is 11.5 Å². The number of ether oxygens (including phenoxy) is 2. The number of carbonyl (C=O) groups excluding carboxylic acids is 1. The minimum Gasteiger partial charge on any atom is -0.486 e. The normalized spacial score (nSPS) is 13.3. The third kappa shape index (κ3) is 5.78. The summed E-state index contributed by atoms with van der Waals surface area (Å²) in [7, 11) is 0. The number of halogens is 4. The van der Waals surface area contributed by atoms with Crippen molar-refractivity contribution in [1.29, 1.82) is 0 Å². The zero-order chi connectivity index (χ0) is 19.4. The molecule has 7 nitrogen and oxygen atoms in total. The van der Waals surface area contributed by atoms with Crippen molar-refractivity contribution in [2.45, 2.75) is 10.5 Å². The molecule has 146 valence electrons. The summed E-state index contributed by atoms with van der Waals surface area (Å²) in [6.07, 6.45) is -4.35. The molecule has 0 unspecified atom stereocenters. The summed E-state index contributed by atoms with van der Waals surface area (Å²) in [4.78, 5) is 12.1. The highest BCUT2D eigenvalue weighted by Crippen LogP contribution is 2.38. The first-order chi connectivity index (χ1) is 12.8. The molecule has 0 fully saturated rings. The van der Waals surface area contributed by atoms with E-state index in [1.165, 1.54) is 0 Å². The van der Waals surface area contributed by atoms with E-state index in [1.807, 2.05) is 0 Å². The first-order valence-electron chi connectivity index (χ1n) is 7.46. The van der Waals surface area contributed by atoms with Crippen LogP contribution in [0.15, 0.2) is 16.5 Å². The molecule has 0 radical (unpaired) electrons. The second-order valence-electron chi connectivity index (χ2n) is 5.15. The monoisotopic (exact) mass is 440 g/mol. The first-order valence-corrected chi connectivity index (χ1v) is 9.64. The van der Waals surface area contributed by atoms with E-state index in [1.54, 1.807) is 12.1 Å². The van der Waals surface area contributed by atoms with E-state index in [4.69, 9.17) is 21.1 Å². The predicted octanol–water partition coefficient (Wildman–Crippen LogP) is 3.67. The van der Waals surface area contributed by atoms with Gasteiger partial charge < -0.3 is 20.1 Å². The van der Waals surface area contributed by atoms with Gasteiger partial charge in [-0.15, -0.1) is 10.2 Å². The van der Waals surface area contributed by atoms with Crippen molar-refractivity contribution in [2.75, 3.05) is 36.1 Å². The molecule has 0 aliphatic carbocycles. The number of rotatable bonds is 6. The van der Waals surface area contributed by atoms with E-state index in [9.17, 15) is 18.0 Å². The second kappa shape index (κ2) is 8.40. The van der Waals surface area contributed by atoms with Gasteiger partial charge >= 0.3 is 6.18 Å². The fourth-order valence-corrected chi connectivity index (χ4v) is 3.74. The largest absolute Gasteiger partial charge is 0.486 e. The molecule has 2 heterocycles. The summed E-state index contributed by atoms with van der Waals surface area (Å²) < 4.78 is 47.7. The minimum absolute atomic E-state index is 0.0152. The Morgan fingerprint density at radius 1 is 1.26 bits per heavy atom. The lowest BCUT2D eigenvalue weighted by atomic mass is 10.2. The maximum atomic E-state index is 12.2. The number of carbonyl (C=O) groups is 1. The van der Waals surface area contributed by atoms with Gasteiger partial charge in [0, 0.05) is 12.1 Å². The maximum Gasteiger partial charge on any atom is 0.405 e. The number of nitrogens with zero attached hydrogens (tertiary/aromatic N) is 2. The van der Waals surface area contributed by atoms with Crippen molar-refractivity contribution in [3.05, 3.63) is 17.2 Å². The van der Waals surface area contributed by atoms with Crippen LogP contribution < -0.4 is 20.1 Å². The average molecular weight is 441 g/mol. The number of thioether (sulfide) groups is 1. The first kappa shape index (κ1) is 19.8. The number of alkyl halides is 3. The topological polar surface area (TPSA) is 85.4 Å². The molecule has 2 N–H and O–H groups in total. The van der Waals surface area contributed by atoms with Gasteiger partial charge in [0.05, 0.1) is 16.5 Å². The van der Waals surface area contributed by atoms with Crippen molar-refractivity contribution in [2.24, 2.45) is 0 Å². The lowest BCUT2D eigenvalue weighted by Crippen LogP contribution is -2.21. The fourth-order valence-electron chi connectivity index (χ4n) is 1.99. The zero-order valence-electron chi connectivity index (χ0n) is 13.4. The highest BCUT2D eigenvalue weighted by atomic mass is 35.5. The Morgan fingerprint density at radius 2 is 1.96 bits per heavy atom. The van der Waals surface area contributed by atoms with Crippen LogP contribution in [0.25, 0.3) is 0 Å². The molecule has 1 aliphatic heterocycles. The van der Waals surface area contributed by atoms with Crippen LogP contribution in [-0.2, 0) is 4.79 Å². The molecule has 1 aromatic carbocycles. The lowest BCUT2D eigenvalue weighted by Gasteiger charge is -2.19. The highest BCUT2D eigenvalue weighted by Gasteiger charge is 2.27. The summed E-state index contributed by atoms with van der Waals surface area (Å²) >= 11 is 8.10. The Bertz CT molecular complexity index is 834.